The molecule has 2 heterocycles. The highest BCUT2D eigenvalue weighted by molar-refractivity contribution is 5.91. The van der Waals surface area contributed by atoms with E-state index in [1.807, 2.05) is 36.4 Å². The Balaban J connectivity index is 0.000000161. The molecule has 2 aromatic carbocycles. The van der Waals surface area contributed by atoms with Crippen LogP contribution in [0.15, 0.2) is 66.1 Å². The first-order chi connectivity index (χ1) is 19.5. The highest BCUT2D eigenvalue weighted by atomic mass is 16.7. The van der Waals surface area contributed by atoms with Crippen molar-refractivity contribution in [3.63, 3.8) is 0 Å². The number of aryl methyl sites for hydroxylation is 1. The van der Waals surface area contributed by atoms with Crippen LogP contribution in [0.25, 0.3) is 6.08 Å². The number of hydrogen-bond donors (Lipinski definition) is 0. The van der Waals surface area contributed by atoms with E-state index >= 15 is 0 Å². The number of rotatable bonds is 7. The molecule has 0 fully saturated rings. The number of hydrogen-bond acceptors (Lipinski definition) is 8. The van der Waals surface area contributed by atoms with Crippen LogP contribution >= 0.6 is 0 Å². The van der Waals surface area contributed by atoms with Crippen LogP contribution in [0.3, 0.4) is 0 Å². The van der Waals surface area contributed by atoms with E-state index in [0.29, 0.717) is 25.6 Å². The number of carbonyl (C=O) groups is 2. The Hall–Kier alpha value is -4.20. The van der Waals surface area contributed by atoms with Crippen molar-refractivity contribution in [1.29, 1.82) is 0 Å². The lowest BCUT2D eigenvalue weighted by molar-refractivity contribution is -0.117. The van der Waals surface area contributed by atoms with Crippen molar-refractivity contribution < 1.29 is 38.0 Å². The second-order valence-electron chi connectivity index (χ2n) is 10.2. The molecule has 8 heteroatoms. The van der Waals surface area contributed by atoms with Crippen molar-refractivity contribution >= 4 is 17.6 Å². The molecule has 0 saturated carbocycles. The van der Waals surface area contributed by atoms with E-state index in [2.05, 4.69) is 12.1 Å². The molecule has 8 nitrogen and oxygen atoms in total. The minimum atomic E-state index is 0.119. The molecule has 6 rings (SSSR count). The third-order valence-corrected chi connectivity index (χ3v) is 7.31. The Morgan fingerprint density at radius 1 is 0.750 bits per heavy atom. The minimum Gasteiger partial charge on any atom is -0.501 e. The van der Waals surface area contributed by atoms with Crippen molar-refractivity contribution in [1.82, 2.24) is 0 Å². The highest BCUT2D eigenvalue weighted by Gasteiger charge is 2.22. The van der Waals surface area contributed by atoms with E-state index in [4.69, 9.17) is 28.4 Å². The van der Waals surface area contributed by atoms with Gasteiger partial charge in [0.2, 0.25) is 13.6 Å². The predicted octanol–water partition coefficient (Wildman–Crippen LogP) is 5.80. The van der Waals surface area contributed by atoms with E-state index in [-0.39, 0.29) is 24.3 Å². The SMILES string of the molecule is COC1=CC(=O)CC(/C=C/c2ccc3c(c2)OCO3)C1.COC1=CC(=O)CC(CCc2ccc3c(c2)OCO3)C1. The summed E-state index contributed by atoms with van der Waals surface area (Å²) in [4.78, 5) is 23.2. The van der Waals surface area contributed by atoms with Crippen molar-refractivity contribution in [2.75, 3.05) is 27.8 Å². The lowest BCUT2D eigenvalue weighted by atomic mass is 9.87. The van der Waals surface area contributed by atoms with Gasteiger partial charge >= 0.3 is 0 Å². The summed E-state index contributed by atoms with van der Waals surface area (Å²) in [5, 5.41) is 0. The second-order valence-corrected chi connectivity index (χ2v) is 10.2. The molecule has 4 aliphatic rings. The molecule has 2 atom stereocenters. The largest absolute Gasteiger partial charge is 0.501 e. The average molecular weight is 547 g/mol. The maximum Gasteiger partial charge on any atom is 0.231 e. The number of fused-ring (bicyclic) bond motifs is 2. The van der Waals surface area contributed by atoms with Crippen LogP contribution < -0.4 is 18.9 Å². The van der Waals surface area contributed by atoms with Crippen LogP contribution in [0.4, 0.5) is 0 Å². The fourth-order valence-electron chi connectivity index (χ4n) is 5.18. The monoisotopic (exact) mass is 546 g/mol. The Morgan fingerprint density at radius 2 is 1.38 bits per heavy atom. The minimum absolute atomic E-state index is 0.119. The van der Waals surface area contributed by atoms with Crippen LogP contribution in [0.1, 0.15) is 43.2 Å². The fourth-order valence-corrected chi connectivity index (χ4v) is 5.18. The number of ketones is 2. The fraction of sp³-hybridized carbons (Fsp3) is 0.375. The molecule has 2 aliphatic carbocycles. The van der Waals surface area contributed by atoms with Gasteiger partial charge in [-0.2, -0.15) is 0 Å². The van der Waals surface area contributed by atoms with Crippen LogP contribution in [-0.2, 0) is 25.5 Å². The molecule has 0 spiro atoms. The lowest BCUT2D eigenvalue weighted by Crippen LogP contribution is -2.15. The quantitative estimate of drug-likeness (QED) is 0.431. The summed E-state index contributed by atoms with van der Waals surface area (Å²) < 4.78 is 31.7. The molecule has 2 unspecified atom stereocenters. The molecular weight excluding hydrogens is 512 g/mol. The summed E-state index contributed by atoms with van der Waals surface area (Å²) in [5.74, 6) is 5.58. The highest BCUT2D eigenvalue weighted by Crippen LogP contribution is 2.35. The van der Waals surface area contributed by atoms with Gasteiger partial charge in [-0.3, -0.25) is 9.59 Å². The van der Waals surface area contributed by atoms with Crippen LogP contribution in [0.2, 0.25) is 0 Å². The van der Waals surface area contributed by atoms with E-state index in [1.54, 1.807) is 26.4 Å². The maximum atomic E-state index is 11.6. The third-order valence-electron chi connectivity index (χ3n) is 7.31. The lowest BCUT2D eigenvalue weighted by Gasteiger charge is -2.21. The zero-order valence-corrected chi connectivity index (χ0v) is 22.9. The molecule has 210 valence electrons. The van der Waals surface area contributed by atoms with Gasteiger partial charge in [0.15, 0.2) is 34.6 Å². The van der Waals surface area contributed by atoms with Crippen LogP contribution in [0.5, 0.6) is 23.0 Å². The van der Waals surface area contributed by atoms with E-state index in [9.17, 15) is 9.59 Å². The molecule has 2 aromatic rings. The summed E-state index contributed by atoms with van der Waals surface area (Å²) in [6.07, 6.45) is 12.0. The zero-order chi connectivity index (χ0) is 27.9. The van der Waals surface area contributed by atoms with Crippen LogP contribution in [-0.4, -0.2) is 39.4 Å². The van der Waals surface area contributed by atoms with Gasteiger partial charge in [-0.1, -0.05) is 24.3 Å². The summed E-state index contributed by atoms with van der Waals surface area (Å²) in [6, 6.07) is 11.8. The van der Waals surface area contributed by atoms with Crippen molar-refractivity contribution in [2.45, 2.75) is 38.5 Å². The van der Waals surface area contributed by atoms with Crippen molar-refractivity contribution in [3.8, 4) is 23.0 Å². The standard InChI is InChI=1S/C16H18O4.C16H16O4/c2*1-18-14-7-12(6-13(17)9-14)3-2-11-4-5-15-16(8-11)20-10-19-15/h4-5,8-9,12H,2-3,6-7,10H2,1H3;2-5,8-9,12H,6-7,10H2,1H3/b;3-2+. The summed E-state index contributed by atoms with van der Waals surface area (Å²) >= 11 is 0. The summed E-state index contributed by atoms with van der Waals surface area (Å²) in [6.45, 7) is 0.583. The molecule has 0 saturated heterocycles. The van der Waals surface area contributed by atoms with Gasteiger partial charge in [-0.25, -0.2) is 0 Å². The van der Waals surface area contributed by atoms with E-state index in [0.717, 1.165) is 65.8 Å². The van der Waals surface area contributed by atoms with Gasteiger partial charge in [0.1, 0.15) is 0 Å². The van der Waals surface area contributed by atoms with Gasteiger partial charge < -0.3 is 28.4 Å². The molecule has 0 radical (unpaired) electrons. The normalized spacial score (nSPS) is 20.9. The average Bonchev–Trinajstić information content (AvgIpc) is 3.63. The van der Waals surface area contributed by atoms with Gasteiger partial charge in [-0.05, 0) is 60.1 Å². The molecule has 0 amide bonds. The van der Waals surface area contributed by atoms with Gasteiger partial charge in [0, 0.05) is 37.8 Å². The summed E-state index contributed by atoms with van der Waals surface area (Å²) in [7, 11) is 3.22. The van der Waals surface area contributed by atoms with Gasteiger partial charge in [0.25, 0.3) is 0 Å². The molecule has 0 aromatic heterocycles. The number of ether oxygens (including phenoxy) is 6. The molecular formula is C32H34O8. The van der Waals surface area contributed by atoms with Gasteiger partial charge in [0.05, 0.1) is 25.7 Å². The molecule has 40 heavy (non-hydrogen) atoms. The number of methoxy groups -OCH3 is 2. The number of allylic oxidation sites excluding steroid dienone is 5. The Kier molecular flexibility index (Phi) is 8.74. The second kappa shape index (κ2) is 12.8. The third kappa shape index (κ3) is 7.05. The van der Waals surface area contributed by atoms with Crippen LogP contribution in [0, 0.1) is 11.8 Å². The first-order valence-corrected chi connectivity index (χ1v) is 13.5. The first kappa shape index (κ1) is 27.4. The number of carbonyl (C=O) groups excluding carboxylic acids is 2. The molecule has 0 bridgehead atoms. The molecule has 0 N–H and O–H groups in total. The van der Waals surface area contributed by atoms with E-state index < -0.39 is 0 Å². The maximum absolute atomic E-state index is 11.6. The van der Waals surface area contributed by atoms with Crippen molar-refractivity contribution in [2.24, 2.45) is 11.8 Å². The summed E-state index contributed by atoms with van der Waals surface area (Å²) in [5.41, 5.74) is 2.26. The zero-order valence-electron chi connectivity index (χ0n) is 22.9. The van der Waals surface area contributed by atoms with E-state index in [1.165, 1.54) is 5.56 Å². The Labute approximate surface area is 234 Å². The van der Waals surface area contributed by atoms with Gasteiger partial charge in [-0.15, -0.1) is 0 Å². The predicted molar refractivity (Wildman–Crippen MR) is 148 cm³/mol. The Morgan fingerprint density at radius 3 is 2.10 bits per heavy atom. The topological polar surface area (TPSA) is 89.5 Å². The first-order valence-electron chi connectivity index (χ1n) is 13.5. The molecule has 2 aliphatic heterocycles. The number of benzene rings is 2. The van der Waals surface area contributed by atoms with Crippen molar-refractivity contribution in [3.05, 3.63) is 77.3 Å². The Bertz CT molecular complexity index is 1340. The smallest absolute Gasteiger partial charge is 0.231 e.